The molecule has 5 rings (SSSR count). The predicted molar refractivity (Wildman–Crippen MR) is 125 cm³/mol. The molecule has 3 aliphatic rings. The molecule has 0 aromatic heterocycles. The van der Waals surface area contributed by atoms with Gasteiger partial charge in [-0.1, -0.05) is 23.4 Å². The quantitative estimate of drug-likeness (QED) is 0.370. The summed E-state index contributed by atoms with van der Waals surface area (Å²) >= 11 is 0. The van der Waals surface area contributed by atoms with Gasteiger partial charge in [0.25, 0.3) is 11.8 Å². The summed E-state index contributed by atoms with van der Waals surface area (Å²) in [6, 6.07) is 10.7. The van der Waals surface area contributed by atoms with Crippen molar-refractivity contribution in [2.24, 2.45) is 5.16 Å². The first-order valence-corrected chi connectivity index (χ1v) is 11.3. The first kappa shape index (κ1) is 23.7. The number of para-hydroxylation sites is 1. The smallest absolute Gasteiger partial charge is 0.406 e. The Morgan fingerprint density at radius 2 is 1.81 bits per heavy atom. The van der Waals surface area contributed by atoms with Crippen molar-refractivity contribution in [3.8, 4) is 5.75 Å². The Kier molecular flexibility index (Phi) is 6.27. The van der Waals surface area contributed by atoms with Crippen molar-refractivity contribution < 1.29 is 32.3 Å². The normalized spacial score (nSPS) is 20.4. The molecule has 0 spiro atoms. The lowest BCUT2D eigenvalue weighted by Gasteiger charge is -2.23. The molecule has 3 heterocycles. The molecular weight excluding hydrogens is 479 g/mol. The molecule has 0 aliphatic carbocycles. The molecule has 3 aliphatic heterocycles. The number of alkyl halides is 3. The molecule has 0 unspecified atom stereocenters. The molecule has 4 N–H and O–H groups in total. The van der Waals surface area contributed by atoms with Crippen molar-refractivity contribution in [2.75, 3.05) is 30.3 Å². The van der Waals surface area contributed by atoms with Crippen LogP contribution in [0.25, 0.3) is 5.57 Å². The highest BCUT2D eigenvalue weighted by Crippen LogP contribution is 2.41. The summed E-state index contributed by atoms with van der Waals surface area (Å²) in [7, 11) is 0. The lowest BCUT2D eigenvalue weighted by atomic mass is 10.0. The van der Waals surface area contributed by atoms with Gasteiger partial charge in [-0.25, -0.2) is 0 Å². The van der Waals surface area contributed by atoms with Crippen molar-refractivity contribution in [2.45, 2.75) is 25.2 Å². The molecule has 188 valence electrons. The van der Waals surface area contributed by atoms with Crippen LogP contribution in [-0.4, -0.2) is 49.6 Å². The van der Waals surface area contributed by atoms with Crippen LogP contribution in [0.3, 0.4) is 0 Å². The fourth-order valence-electron chi connectivity index (χ4n) is 4.39. The van der Waals surface area contributed by atoms with Crippen LogP contribution in [0.4, 0.5) is 24.5 Å². The van der Waals surface area contributed by atoms with Crippen LogP contribution < -0.4 is 26.0 Å². The molecule has 0 atom stereocenters. The first-order chi connectivity index (χ1) is 17.3. The minimum absolute atomic E-state index is 0.0633. The third-order valence-corrected chi connectivity index (χ3v) is 5.95. The van der Waals surface area contributed by atoms with E-state index in [0.29, 0.717) is 16.9 Å². The van der Waals surface area contributed by atoms with Gasteiger partial charge in [0.15, 0.2) is 6.61 Å². The Labute approximate surface area is 203 Å². The van der Waals surface area contributed by atoms with Crippen molar-refractivity contribution in [3.63, 3.8) is 0 Å². The van der Waals surface area contributed by atoms with E-state index in [1.54, 1.807) is 24.3 Å². The summed E-state index contributed by atoms with van der Waals surface area (Å²) < 4.78 is 42.3. The van der Waals surface area contributed by atoms with Crippen LogP contribution in [0.15, 0.2) is 53.3 Å². The fourth-order valence-corrected chi connectivity index (χ4v) is 4.39. The van der Waals surface area contributed by atoms with Crippen molar-refractivity contribution >= 4 is 34.5 Å². The monoisotopic (exact) mass is 501 g/mol. The Hall–Kier alpha value is -4.06. The topological polar surface area (TPSA) is 113 Å². The Morgan fingerprint density at radius 3 is 2.58 bits per heavy atom. The summed E-state index contributed by atoms with van der Waals surface area (Å²) in [5, 5.41) is 16.0. The predicted octanol–water partition coefficient (Wildman–Crippen LogP) is 2.96. The number of anilines is 2. The van der Waals surface area contributed by atoms with Crippen LogP contribution in [0.1, 0.15) is 24.0 Å². The maximum atomic E-state index is 12.9. The van der Waals surface area contributed by atoms with Gasteiger partial charge in [0.1, 0.15) is 11.5 Å². The third kappa shape index (κ3) is 4.98. The van der Waals surface area contributed by atoms with Gasteiger partial charge in [-0.2, -0.15) is 0 Å². The second kappa shape index (κ2) is 9.53. The number of rotatable bonds is 5. The van der Waals surface area contributed by atoms with Crippen molar-refractivity contribution in [1.82, 2.24) is 10.6 Å². The van der Waals surface area contributed by atoms with E-state index >= 15 is 0 Å². The maximum Gasteiger partial charge on any atom is 0.573 e. The zero-order chi connectivity index (χ0) is 25.3. The largest absolute Gasteiger partial charge is 0.573 e. The van der Waals surface area contributed by atoms with E-state index < -0.39 is 18.0 Å². The number of fused-ring (bicyclic) bond motifs is 2. The second-order valence-electron chi connectivity index (χ2n) is 8.44. The number of nitrogens with one attached hydrogen (secondary N) is 4. The number of piperidine rings is 1. The maximum absolute atomic E-state index is 12.9. The average Bonchev–Trinajstić information content (AvgIpc) is 3.34. The van der Waals surface area contributed by atoms with Crippen LogP contribution in [0, 0.1) is 0 Å². The van der Waals surface area contributed by atoms with Crippen molar-refractivity contribution in [3.05, 3.63) is 59.3 Å². The van der Waals surface area contributed by atoms with Gasteiger partial charge in [0.05, 0.1) is 11.3 Å². The van der Waals surface area contributed by atoms with E-state index in [9.17, 15) is 22.8 Å². The molecule has 0 bridgehead atoms. The highest BCUT2D eigenvalue weighted by molar-refractivity contribution is 6.39. The van der Waals surface area contributed by atoms with Crippen molar-refractivity contribution in [1.29, 1.82) is 0 Å². The molecule has 1 fully saturated rings. The number of allylic oxidation sites excluding steroid dienone is 1. The van der Waals surface area contributed by atoms with E-state index in [-0.39, 0.29) is 41.1 Å². The van der Waals surface area contributed by atoms with Crippen LogP contribution >= 0.6 is 0 Å². The molecule has 2 aromatic rings. The number of hydrogen-bond acceptors (Lipinski definition) is 7. The molecule has 12 heteroatoms. The number of amides is 2. The minimum atomic E-state index is -4.88. The number of oxime groups is 1. The standard InChI is InChI=1S/C24H22F3N5O4/c25-24(26,27)36-14-5-6-18-16(11-14)20(23(34)31-18)22-21(15-3-1-2-4-17(15)30-22)32-35-12-19(33)29-13-7-9-28-10-8-13/h1-6,11,13,28,30H,7-10,12H2,(H,29,33)(H,31,34)/b22-20-,32-21+. The van der Waals surface area contributed by atoms with Crippen LogP contribution in [0.2, 0.25) is 0 Å². The van der Waals surface area contributed by atoms with E-state index in [0.717, 1.165) is 38.1 Å². The summed E-state index contributed by atoms with van der Waals surface area (Å²) in [6.45, 7) is 1.32. The Morgan fingerprint density at radius 1 is 1.06 bits per heavy atom. The van der Waals surface area contributed by atoms with E-state index in [1.165, 1.54) is 6.07 Å². The lowest BCUT2D eigenvalue weighted by Crippen LogP contribution is -2.43. The zero-order valence-electron chi connectivity index (χ0n) is 18.9. The number of hydrogen-bond donors (Lipinski definition) is 4. The summed E-state index contributed by atoms with van der Waals surface area (Å²) in [6.07, 6.45) is -3.24. The SMILES string of the molecule is O=C(CO/N=C1/C(=C2/C(=O)Nc3ccc(OC(F)(F)F)cc32)Nc2ccccc21)NC1CCNCC1. The Balaban J connectivity index is 1.44. The van der Waals surface area contributed by atoms with Gasteiger partial charge in [0, 0.05) is 28.5 Å². The highest BCUT2D eigenvalue weighted by Gasteiger charge is 2.36. The molecular formula is C24H22F3N5O4. The van der Waals surface area contributed by atoms with Gasteiger partial charge in [-0.05, 0) is 50.2 Å². The number of carbonyl (C=O) groups excluding carboxylic acids is 2. The summed E-state index contributed by atoms with van der Waals surface area (Å²) in [5.74, 6) is -1.31. The molecule has 2 aromatic carbocycles. The number of benzene rings is 2. The van der Waals surface area contributed by atoms with Crippen LogP contribution in [-0.2, 0) is 14.4 Å². The molecule has 0 saturated carbocycles. The molecule has 9 nitrogen and oxygen atoms in total. The molecule has 36 heavy (non-hydrogen) atoms. The van der Waals surface area contributed by atoms with Gasteiger partial charge in [-0.3, -0.25) is 9.59 Å². The van der Waals surface area contributed by atoms with Crippen LogP contribution in [0.5, 0.6) is 5.75 Å². The average molecular weight is 501 g/mol. The van der Waals surface area contributed by atoms with Gasteiger partial charge >= 0.3 is 6.36 Å². The summed E-state index contributed by atoms with van der Waals surface area (Å²) in [4.78, 5) is 30.6. The Bertz CT molecular complexity index is 1270. The van der Waals surface area contributed by atoms with Gasteiger partial charge < -0.3 is 30.8 Å². The number of carbonyl (C=O) groups is 2. The first-order valence-electron chi connectivity index (χ1n) is 11.3. The molecule has 1 saturated heterocycles. The van der Waals surface area contributed by atoms with Gasteiger partial charge in [0.2, 0.25) is 0 Å². The minimum Gasteiger partial charge on any atom is -0.406 e. The second-order valence-corrected chi connectivity index (χ2v) is 8.44. The van der Waals surface area contributed by atoms with E-state index in [2.05, 4.69) is 31.2 Å². The number of ether oxygens (including phenoxy) is 1. The lowest BCUT2D eigenvalue weighted by molar-refractivity contribution is -0.274. The van der Waals surface area contributed by atoms with E-state index in [1.807, 2.05) is 0 Å². The fraction of sp³-hybridized carbons (Fsp3) is 0.292. The summed E-state index contributed by atoms with van der Waals surface area (Å²) in [5.41, 5.74) is 2.36. The highest BCUT2D eigenvalue weighted by atomic mass is 19.4. The zero-order valence-corrected chi connectivity index (χ0v) is 18.9. The molecule has 0 radical (unpaired) electrons. The third-order valence-electron chi connectivity index (χ3n) is 5.95. The number of nitrogens with zero attached hydrogens (tertiary/aromatic N) is 1. The van der Waals surface area contributed by atoms with Gasteiger partial charge in [-0.15, -0.1) is 13.2 Å². The number of halogens is 3. The van der Waals surface area contributed by atoms with E-state index in [4.69, 9.17) is 4.84 Å². The molecule has 2 amide bonds.